The number of fused-ring (bicyclic) bond motifs is 1. The highest BCUT2D eigenvalue weighted by Gasteiger charge is 2.42. The Kier molecular flexibility index (Phi) is 5.82. The number of benzene rings is 1. The van der Waals surface area contributed by atoms with Crippen molar-refractivity contribution in [3.8, 4) is 6.07 Å². The maximum atomic E-state index is 12.8. The lowest BCUT2D eigenvalue weighted by atomic mass is 9.98. The summed E-state index contributed by atoms with van der Waals surface area (Å²) >= 11 is 1.17. The van der Waals surface area contributed by atoms with Crippen molar-refractivity contribution in [3.05, 3.63) is 34.6 Å². The van der Waals surface area contributed by atoms with E-state index in [2.05, 4.69) is 16.4 Å². The lowest BCUT2D eigenvalue weighted by Crippen LogP contribution is -2.47. The Morgan fingerprint density at radius 1 is 1.48 bits per heavy atom. The quantitative estimate of drug-likeness (QED) is 0.528. The van der Waals surface area contributed by atoms with E-state index in [0.29, 0.717) is 29.0 Å². The molecule has 1 fully saturated rings. The fourth-order valence-electron chi connectivity index (χ4n) is 3.02. The molecule has 7 nitrogen and oxygen atoms in total. The van der Waals surface area contributed by atoms with Crippen LogP contribution in [0.3, 0.4) is 0 Å². The van der Waals surface area contributed by atoms with Gasteiger partial charge in [-0.25, -0.2) is 4.98 Å². The minimum atomic E-state index is -0.842. The molecule has 1 heterocycles. The van der Waals surface area contributed by atoms with Crippen LogP contribution in [0.25, 0.3) is 10.9 Å². The summed E-state index contributed by atoms with van der Waals surface area (Å²) in [5.41, 5.74) is -0.451. The third-order valence-electron chi connectivity index (χ3n) is 4.72. The summed E-state index contributed by atoms with van der Waals surface area (Å²) in [5, 5.41) is 22.2. The number of aliphatic hydroxyl groups excluding tert-OH is 1. The van der Waals surface area contributed by atoms with Gasteiger partial charge in [0.1, 0.15) is 5.54 Å². The smallest absolute Gasteiger partial charge is 0.262 e. The summed E-state index contributed by atoms with van der Waals surface area (Å²) < 4.78 is 1.50. The van der Waals surface area contributed by atoms with Crippen molar-refractivity contribution >= 4 is 28.6 Å². The maximum absolute atomic E-state index is 12.8. The summed E-state index contributed by atoms with van der Waals surface area (Å²) in [5.74, 6) is 0.0125. The molecule has 1 aromatic carbocycles. The zero-order chi connectivity index (χ0) is 19.4. The van der Waals surface area contributed by atoms with Crippen LogP contribution in [-0.2, 0) is 11.3 Å². The number of nitriles is 1. The van der Waals surface area contributed by atoms with Gasteiger partial charge in [-0.3, -0.25) is 14.2 Å². The number of hydrogen-bond acceptors (Lipinski definition) is 6. The van der Waals surface area contributed by atoms with Crippen LogP contribution in [0.4, 0.5) is 0 Å². The molecule has 1 aliphatic rings. The van der Waals surface area contributed by atoms with Gasteiger partial charge < -0.3 is 10.4 Å². The van der Waals surface area contributed by atoms with E-state index >= 15 is 0 Å². The third kappa shape index (κ3) is 4.31. The highest BCUT2D eigenvalue weighted by atomic mass is 32.2. The first-order valence-corrected chi connectivity index (χ1v) is 9.92. The topological polar surface area (TPSA) is 108 Å². The van der Waals surface area contributed by atoms with Crippen LogP contribution in [0.2, 0.25) is 0 Å². The number of nitrogens with one attached hydrogen (secondary N) is 1. The first-order valence-electron chi connectivity index (χ1n) is 8.94. The Morgan fingerprint density at radius 3 is 2.89 bits per heavy atom. The molecule has 0 spiro atoms. The van der Waals surface area contributed by atoms with Crippen LogP contribution in [0.15, 0.2) is 34.2 Å². The van der Waals surface area contributed by atoms with E-state index in [0.717, 1.165) is 12.8 Å². The molecule has 1 aliphatic carbocycles. The Labute approximate surface area is 161 Å². The van der Waals surface area contributed by atoms with E-state index in [1.807, 2.05) is 6.07 Å². The van der Waals surface area contributed by atoms with Gasteiger partial charge in [-0.05, 0) is 44.2 Å². The van der Waals surface area contributed by atoms with Gasteiger partial charge >= 0.3 is 0 Å². The Morgan fingerprint density at radius 2 is 2.22 bits per heavy atom. The Bertz CT molecular complexity index is 948. The molecule has 2 aromatic rings. The lowest BCUT2D eigenvalue weighted by molar-refractivity contribution is -0.119. The zero-order valence-corrected chi connectivity index (χ0v) is 16.0. The molecule has 0 aliphatic heterocycles. The number of carbonyl (C=O) groups is 1. The first kappa shape index (κ1) is 19.4. The number of aromatic nitrogens is 2. The van der Waals surface area contributed by atoms with Crippen LogP contribution in [-0.4, -0.2) is 38.5 Å². The number of amides is 1. The summed E-state index contributed by atoms with van der Waals surface area (Å²) in [7, 11) is 0. The van der Waals surface area contributed by atoms with Crippen molar-refractivity contribution in [2.45, 2.75) is 43.4 Å². The van der Waals surface area contributed by atoms with Crippen molar-refractivity contribution in [2.75, 3.05) is 12.4 Å². The lowest BCUT2D eigenvalue weighted by Gasteiger charge is -2.22. The fourth-order valence-corrected chi connectivity index (χ4v) is 3.85. The van der Waals surface area contributed by atoms with Gasteiger partial charge in [-0.15, -0.1) is 0 Å². The van der Waals surface area contributed by atoms with Crippen LogP contribution in [0.1, 0.15) is 26.2 Å². The van der Waals surface area contributed by atoms with E-state index in [1.165, 1.54) is 16.3 Å². The number of para-hydroxylation sites is 1. The van der Waals surface area contributed by atoms with Gasteiger partial charge in [0, 0.05) is 13.2 Å². The Hall–Kier alpha value is -2.37. The number of rotatable bonds is 8. The second-order valence-electron chi connectivity index (χ2n) is 6.87. The Balaban J connectivity index is 1.80. The summed E-state index contributed by atoms with van der Waals surface area (Å²) in [6.07, 6.45) is 2.32. The SMILES string of the molecule is CC(C#N)(NC(=O)CSc1nc2ccccc2c(=O)n1CCCO)C1CC1. The van der Waals surface area contributed by atoms with Gasteiger partial charge in [0.15, 0.2) is 5.16 Å². The molecule has 1 amide bonds. The maximum Gasteiger partial charge on any atom is 0.262 e. The van der Waals surface area contributed by atoms with E-state index < -0.39 is 5.54 Å². The normalized spacial score (nSPS) is 15.9. The average Bonchev–Trinajstić information content (AvgIpc) is 3.51. The zero-order valence-electron chi connectivity index (χ0n) is 15.1. The molecule has 1 saturated carbocycles. The van der Waals surface area contributed by atoms with Gasteiger partial charge in [-0.1, -0.05) is 23.9 Å². The molecule has 0 bridgehead atoms. The molecule has 1 aromatic heterocycles. The highest BCUT2D eigenvalue weighted by molar-refractivity contribution is 7.99. The molecule has 0 radical (unpaired) electrons. The van der Waals surface area contributed by atoms with Crippen molar-refractivity contribution in [1.82, 2.24) is 14.9 Å². The number of hydrogen-bond donors (Lipinski definition) is 2. The summed E-state index contributed by atoms with van der Waals surface area (Å²) in [4.78, 5) is 29.6. The van der Waals surface area contributed by atoms with Crippen LogP contribution in [0, 0.1) is 17.2 Å². The monoisotopic (exact) mass is 386 g/mol. The standard InChI is InChI=1S/C19H22N4O3S/c1-19(12-20,13-7-8-13)22-16(25)11-27-18-21-15-6-3-2-5-14(15)17(26)23(18)9-4-10-24/h2-3,5-6,13,24H,4,7-11H2,1H3,(H,22,25). The molecule has 142 valence electrons. The highest BCUT2D eigenvalue weighted by Crippen LogP contribution is 2.39. The predicted molar refractivity (Wildman–Crippen MR) is 103 cm³/mol. The minimum absolute atomic E-state index is 0.0359. The molecule has 8 heteroatoms. The van der Waals surface area contributed by atoms with Crippen molar-refractivity contribution in [2.24, 2.45) is 5.92 Å². The van der Waals surface area contributed by atoms with Crippen molar-refractivity contribution in [1.29, 1.82) is 5.26 Å². The molecular formula is C19H22N4O3S. The van der Waals surface area contributed by atoms with Gasteiger partial charge in [-0.2, -0.15) is 5.26 Å². The largest absolute Gasteiger partial charge is 0.396 e. The number of carbonyl (C=O) groups excluding carboxylic acids is 1. The van der Waals surface area contributed by atoms with Gasteiger partial charge in [0.05, 0.1) is 22.7 Å². The van der Waals surface area contributed by atoms with Crippen LogP contribution < -0.4 is 10.9 Å². The summed E-state index contributed by atoms with van der Waals surface area (Å²) in [6.45, 7) is 2.04. The number of nitrogens with zero attached hydrogens (tertiary/aromatic N) is 3. The van der Waals surface area contributed by atoms with Crippen LogP contribution >= 0.6 is 11.8 Å². The van der Waals surface area contributed by atoms with Gasteiger partial charge in [0.25, 0.3) is 5.56 Å². The summed E-state index contributed by atoms with van der Waals surface area (Å²) in [6, 6.07) is 9.27. The molecule has 3 rings (SSSR count). The first-order chi connectivity index (χ1) is 13.0. The third-order valence-corrected chi connectivity index (χ3v) is 5.70. The van der Waals surface area contributed by atoms with E-state index in [4.69, 9.17) is 5.11 Å². The molecule has 1 atom stereocenters. The number of thioether (sulfide) groups is 1. The van der Waals surface area contributed by atoms with E-state index in [-0.39, 0.29) is 29.7 Å². The fraction of sp³-hybridized carbons (Fsp3) is 0.474. The van der Waals surface area contributed by atoms with Crippen LogP contribution in [0.5, 0.6) is 0 Å². The predicted octanol–water partition coefficient (Wildman–Crippen LogP) is 1.68. The molecule has 1 unspecified atom stereocenters. The molecule has 0 saturated heterocycles. The average molecular weight is 386 g/mol. The second kappa shape index (κ2) is 8.11. The molecular weight excluding hydrogens is 364 g/mol. The minimum Gasteiger partial charge on any atom is -0.396 e. The molecule has 2 N–H and O–H groups in total. The molecule has 27 heavy (non-hydrogen) atoms. The second-order valence-corrected chi connectivity index (χ2v) is 7.81. The number of aliphatic hydroxyl groups is 1. The van der Waals surface area contributed by atoms with Gasteiger partial charge in [0.2, 0.25) is 5.91 Å². The van der Waals surface area contributed by atoms with Crippen molar-refractivity contribution < 1.29 is 9.90 Å². The van der Waals surface area contributed by atoms with E-state index in [9.17, 15) is 14.9 Å². The van der Waals surface area contributed by atoms with E-state index in [1.54, 1.807) is 25.1 Å². The van der Waals surface area contributed by atoms with Crippen molar-refractivity contribution in [3.63, 3.8) is 0 Å².